The molecule has 12 atom stereocenters. The standard InChI is InChI=1S/C41H67N5O5/c1-12-44-40(11,25(4)5)21-51-32-29(46-34(33(42)47)43-23-45-46)19-41-22-50-20-37(32,8)30(41)14-13-27-28(41)15-16-39(10)31(35(48)49)36(7,26(6)24(2)3)17-18-38(27,39)9/h15,23-27,29-32,44H,12-14,16-22H2,1-11H3,(H2,42,47)(H,48,49)/t26-,27+,29-,30+,31-,32+,36-,37?,38-,39+,40+,41+/m1/s1. The number of carbonyl (C=O) groups is 2. The fraction of sp³-hybridized carbons (Fsp3) is 0.854. The van der Waals surface area contributed by atoms with E-state index in [1.54, 1.807) is 4.68 Å². The summed E-state index contributed by atoms with van der Waals surface area (Å²) >= 11 is 0. The zero-order valence-corrected chi connectivity index (χ0v) is 33.3. The molecular weight excluding hydrogens is 642 g/mol. The zero-order valence-electron chi connectivity index (χ0n) is 33.3. The van der Waals surface area contributed by atoms with Crippen LogP contribution in [0.1, 0.15) is 131 Å². The van der Waals surface area contributed by atoms with Crippen molar-refractivity contribution in [2.75, 3.05) is 26.4 Å². The molecule has 0 aromatic carbocycles. The van der Waals surface area contributed by atoms with E-state index in [0.29, 0.717) is 44.0 Å². The second-order valence-electron chi connectivity index (χ2n) is 19.3. The van der Waals surface area contributed by atoms with Crippen molar-refractivity contribution in [3.05, 3.63) is 23.8 Å². The van der Waals surface area contributed by atoms with Crippen molar-refractivity contribution in [3.63, 3.8) is 0 Å². The second-order valence-corrected chi connectivity index (χ2v) is 19.3. The quantitative estimate of drug-likeness (QED) is 0.211. The lowest BCUT2D eigenvalue weighted by atomic mass is 9.34. The van der Waals surface area contributed by atoms with Crippen molar-refractivity contribution in [2.45, 2.75) is 132 Å². The summed E-state index contributed by atoms with van der Waals surface area (Å²) in [5.41, 5.74) is 5.55. The number of carbonyl (C=O) groups excluding carboxylic acids is 1. The molecule has 2 heterocycles. The number of allylic oxidation sites excluding steroid dienone is 1. The number of nitrogens with two attached hydrogens (primary N) is 1. The number of primary amides is 1. The van der Waals surface area contributed by atoms with Crippen LogP contribution in [0.5, 0.6) is 0 Å². The Bertz CT molecular complexity index is 1540. The van der Waals surface area contributed by atoms with Crippen LogP contribution < -0.4 is 11.1 Å². The van der Waals surface area contributed by atoms with E-state index in [4.69, 9.17) is 15.2 Å². The van der Waals surface area contributed by atoms with Crippen LogP contribution in [-0.2, 0) is 14.3 Å². The number of hydrogen-bond donors (Lipinski definition) is 3. The molecule has 1 saturated heterocycles. The van der Waals surface area contributed by atoms with Crippen LogP contribution in [-0.4, -0.2) is 69.8 Å². The van der Waals surface area contributed by atoms with Gasteiger partial charge in [0.2, 0.25) is 5.82 Å². The van der Waals surface area contributed by atoms with Gasteiger partial charge in [-0.15, -0.1) is 0 Å². The predicted octanol–water partition coefficient (Wildman–Crippen LogP) is 6.92. The molecule has 1 aromatic rings. The molecule has 1 aromatic heterocycles. The van der Waals surface area contributed by atoms with Gasteiger partial charge in [-0.1, -0.05) is 80.9 Å². The number of hydrogen-bond acceptors (Lipinski definition) is 7. The Morgan fingerprint density at radius 1 is 1.12 bits per heavy atom. The van der Waals surface area contributed by atoms with Crippen LogP contribution in [0.4, 0.5) is 0 Å². The smallest absolute Gasteiger partial charge is 0.307 e. The normalized spacial score (nSPS) is 42.3. The molecule has 10 heteroatoms. The fourth-order valence-electron chi connectivity index (χ4n) is 12.9. The van der Waals surface area contributed by atoms with Crippen LogP contribution in [0.3, 0.4) is 0 Å². The number of nitrogens with one attached hydrogen (secondary N) is 1. The van der Waals surface area contributed by atoms with E-state index in [0.717, 1.165) is 38.6 Å². The molecular formula is C41H67N5O5. The van der Waals surface area contributed by atoms with Crippen molar-refractivity contribution in [1.82, 2.24) is 20.1 Å². The minimum absolute atomic E-state index is 0.156. The first-order chi connectivity index (χ1) is 23.8. The van der Waals surface area contributed by atoms with Gasteiger partial charge in [0.25, 0.3) is 5.91 Å². The summed E-state index contributed by atoms with van der Waals surface area (Å²) in [6, 6.07) is -0.285. The Balaban J connectivity index is 1.47. The highest BCUT2D eigenvalue weighted by atomic mass is 16.5. The van der Waals surface area contributed by atoms with Gasteiger partial charge in [0, 0.05) is 16.4 Å². The average Bonchev–Trinajstić information content (AvgIpc) is 3.54. The predicted molar refractivity (Wildman–Crippen MR) is 198 cm³/mol. The Kier molecular flexibility index (Phi) is 9.74. The largest absolute Gasteiger partial charge is 0.481 e. The average molecular weight is 710 g/mol. The highest BCUT2D eigenvalue weighted by Gasteiger charge is 2.72. The van der Waals surface area contributed by atoms with E-state index in [-0.39, 0.29) is 57.0 Å². The summed E-state index contributed by atoms with van der Waals surface area (Å²) in [6.07, 6.45) is 8.99. The molecule has 1 aliphatic heterocycles. The number of carboxylic acids is 1. The molecule has 6 rings (SSSR count). The van der Waals surface area contributed by atoms with Crippen molar-refractivity contribution in [1.29, 1.82) is 0 Å². The van der Waals surface area contributed by atoms with E-state index >= 15 is 0 Å². The highest BCUT2D eigenvalue weighted by molar-refractivity contribution is 5.89. The summed E-state index contributed by atoms with van der Waals surface area (Å²) in [5.74, 6) is 0.0168. The number of ether oxygens (including phenoxy) is 2. The number of aliphatic carboxylic acids is 1. The van der Waals surface area contributed by atoms with E-state index in [2.05, 4.69) is 97.6 Å². The summed E-state index contributed by atoms with van der Waals surface area (Å²) in [5, 5.41) is 19.4. The minimum atomic E-state index is -0.649. The van der Waals surface area contributed by atoms with E-state index in [9.17, 15) is 14.7 Å². The van der Waals surface area contributed by atoms with Crippen LogP contribution in [0, 0.1) is 62.6 Å². The van der Waals surface area contributed by atoms with Crippen molar-refractivity contribution in [3.8, 4) is 0 Å². The summed E-state index contributed by atoms with van der Waals surface area (Å²) in [6.45, 7) is 27.3. The Hall–Kier alpha value is -2.30. The topological polar surface area (TPSA) is 142 Å². The molecule has 3 saturated carbocycles. The van der Waals surface area contributed by atoms with Gasteiger partial charge in [0.15, 0.2) is 0 Å². The monoisotopic (exact) mass is 710 g/mol. The maximum atomic E-state index is 13.5. The Morgan fingerprint density at radius 3 is 2.43 bits per heavy atom. The van der Waals surface area contributed by atoms with Gasteiger partial charge < -0.3 is 25.6 Å². The van der Waals surface area contributed by atoms with Gasteiger partial charge in [-0.05, 0) is 97.8 Å². The molecule has 286 valence electrons. The molecule has 0 spiro atoms. The summed E-state index contributed by atoms with van der Waals surface area (Å²) in [4.78, 5) is 30.6. The minimum Gasteiger partial charge on any atom is -0.481 e. The maximum absolute atomic E-state index is 13.5. The maximum Gasteiger partial charge on any atom is 0.307 e. The molecule has 5 aliphatic rings. The molecule has 10 nitrogen and oxygen atoms in total. The Morgan fingerprint density at radius 2 is 1.82 bits per heavy atom. The third kappa shape index (κ3) is 5.41. The van der Waals surface area contributed by atoms with E-state index < -0.39 is 23.2 Å². The zero-order chi connectivity index (χ0) is 37.5. The number of carboxylic acid groups (broad SMARTS) is 1. The SMILES string of the molecule is CCN[C@@](C)(CO[C@H]1[C@H](n2ncnc2C(N)=O)C[C@@]23COCC1(C)[C@@H]2CC[C@H]1C3=CC[C@@]2(C)[C@H](C(=O)O)[C@@](C)([C@H](C)C(C)C)CC[C@]12C)C(C)C. The molecule has 1 unspecified atom stereocenters. The lowest BCUT2D eigenvalue weighted by Gasteiger charge is -2.71. The van der Waals surface area contributed by atoms with Crippen LogP contribution in [0.2, 0.25) is 0 Å². The van der Waals surface area contributed by atoms with Gasteiger partial charge >= 0.3 is 5.97 Å². The molecule has 4 fully saturated rings. The number of nitrogens with zero attached hydrogens (tertiary/aromatic N) is 3. The second kappa shape index (κ2) is 12.9. The number of rotatable bonds is 11. The number of likely N-dealkylation sites (N-methyl/N-ethyl adjacent to an activating group) is 1. The van der Waals surface area contributed by atoms with Crippen LogP contribution in [0.25, 0.3) is 0 Å². The highest BCUT2D eigenvalue weighted by Crippen LogP contribution is 2.75. The van der Waals surface area contributed by atoms with E-state index in [1.165, 1.54) is 11.9 Å². The van der Waals surface area contributed by atoms with Crippen LogP contribution in [0.15, 0.2) is 18.0 Å². The van der Waals surface area contributed by atoms with Crippen molar-refractivity contribution >= 4 is 11.9 Å². The van der Waals surface area contributed by atoms with Gasteiger partial charge in [-0.2, -0.15) is 5.10 Å². The molecule has 0 radical (unpaired) electrons. The third-order valence-corrected chi connectivity index (χ3v) is 16.6. The summed E-state index contributed by atoms with van der Waals surface area (Å²) < 4.78 is 15.6. The van der Waals surface area contributed by atoms with Crippen LogP contribution >= 0.6 is 0 Å². The molecule has 2 bridgehead atoms. The summed E-state index contributed by atoms with van der Waals surface area (Å²) in [7, 11) is 0. The van der Waals surface area contributed by atoms with Gasteiger partial charge in [-0.3, -0.25) is 9.59 Å². The van der Waals surface area contributed by atoms with Gasteiger partial charge in [0.1, 0.15) is 6.33 Å². The first kappa shape index (κ1) is 38.4. The number of fused-ring (bicyclic) bond motifs is 3. The van der Waals surface area contributed by atoms with E-state index in [1.807, 2.05) is 0 Å². The lowest BCUT2D eigenvalue weighted by Crippen LogP contribution is -2.69. The molecule has 4 N–H and O–H groups in total. The van der Waals surface area contributed by atoms with Crippen molar-refractivity contribution < 1.29 is 24.2 Å². The van der Waals surface area contributed by atoms with Gasteiger partial charge in [-0.25, -0.2) is 9.67 Å². The molecule has 4 aliphatic carbocycles. The third-order valence-electron chi connectivity index (χ3n) is 16.6. The first-order valence-electron chi connectivity index (χ1n) is 19.8. The molecule has 51 heavy (non-hydrogen) atoms. The Labute approximate surface area is 306 Å². The fourth-order valence-corrected chi connectivity index (χ4v) is 12.9. The number of aromatic nitrogens is 3. The van der Waals surface area contributed by atoms with Gasteiger partial charge in [0.05, 0.1) is 37.9 Å². The van der Waals surface area contributed by atoms with Crippen molar-refractivity contribution in [2.24, 2.45) is 68.3 Å². The lowest BCUT2D eigenvalue weighted by molar-refractivity contribution is -0.253. The molecule has 1 amide bonds. The number of amides is 1. The first-order valence-corrected chi connectivity index (χ1v) is 19.8.